The van der Waals surface area contributed by atoms with Gasteiger partial charge in [-0.15, -0.1) is 0 Å². The van der Waals surface area contributed by atoms with Crippen molar-refractivity contribution in [3.05, 3.63) is 36.2 Å². The lowest BCUT2D eigenvalue weighted by molar-refractivity contribution is -0.126. The van der Waals surface area contributed by atoms with E-state index in [-0.39, 0.29) is 11.8 Å². The second kappa shape index (κ2) is 8.06. The lowest BCUT2D eigenvalue weighted by Gasteiger charge is -2.30. The molecule has 6 nitrogen and oxygen atoms in total. The largest absolute Gasteiger partial charge is 0.356 e. The Morgan fingerprint density at radius 3 is 2.75 bits per heavy atom. The topological polar surface area (TPSA) is 71.3 Å². The third-order valence-electron chi connectivity index (χ3n) is 4.37. The molecule has 0 radical (unpaired) electrons. The molecule has 1 aliphatic rings. The summed E-state index contributed by atoms with van der Waals surface area (Å²) in [5.41, 5.74) is 0.957. The summed E-state index contributed by atoms with van der Waals surface area (Å²) in [7, 11) is 0. The van der Waals surface area contributed by atoms with Gasteiger partial charge < -0.3 is 9.84 Å². The quantitative estimate of drug-likeness (QED) is 0.882. The number of carbonyl (C=O) groups is 1. The maximum Gasteiger partial charge on any atom is 0.241 e. The van der Waals surface area contributed by atoms with E-state index >= 15 is 0 Å². The Labute approximate surface area is 142 Å². The minimum absolute atomic E-state index is 0.135. The summed E-state index contributed by atoms with van der Waals surface area (Å²) in [6.45, 7) is 5.24. The summed E-state index contributed by atoms with van der Waals surface area (Å²) in [6.07, 6.45) is 2.75. The molecular weight excluding hydrogens is 304 g/mol. The number of nitrogens with one attached hydrogen (secondary N) is 1. The van der Waals surface area contributed by atoms with E-state index < -0.39 is 0 Å². The van der Waals surface area contributed by atoms with Crippen molar-refractivity contribution >= 4 is 5.91 Å². The summed E-state index contributed by atoms with van der Waals surface area (Å²) in [4.78, 5) is 18.8. The summed E-state index contributed by atoms with van der Waals surface area (Å²) >= 11 is 0. The highest BCUT2D eigenvalue weighted by atomic mass is 16.5. The predicted molar refractivity (Wildman–Crippen MR) is 91.0 cm³/mol. The molecule has 1 aromatic carbocycles. The molecule has 2 aromatic rings. The molecule has 0 aliphatic carbocycles. The first-order valence-corrected chi connectivity index (χ1v) is 8.64. The van der Waals surface area contributed by atoms with Gasteiger partial charge in [0, 0.05) is 18.0 Å². The number of carbonyl (C=O) groups excluding carboxylic acids is 1. The van der Waals surface area contributed by atoms with E-state index in [1.807, 2.05) is 30.3 Å². The molecule has 2 heterocycles. The van der Waals surface area contributed by atoms with Gasteiger partial charge in [0.05, 0.1) is 6.54 Å². The van der Waals surface area contributed by atoms with Crippen molar-refractivity contribution in [2.75, 3.05) is 19.6 Å². The van der Waals surface area contributed by atoms with E-state index in [1.54, 1.807) is 0 Å². The van der Waals surface area contributed by atoms with E-state index in [1.165, 1.54) is 0 Å². The molecule has 1 amide bonds. The number of hydrogen-bond acceptors (Lipinski definition) is 5. The maximum atomic E-state index is 12.0. The molecule has 0 unspecified atom stereocenters. The first-order chi connectivity index (χ1) is 11.8. The van der Waals surface area contributed by atoms with Gasteiger partial charge >= 0.3 is 0 Å². The van der Waals surface area contributed by atoms with Crippen molar-refractivity contribution < 1.29 is 9.32 Å². The summed E-state index contributed by atoms with van der Waals surface area (Å²) in [5, 5.41) is 7.04. The Balaban J connectivity index is 1.50. The zero-order chi connectivity index (χ0) is 16.8. The molecule has 0 atom stereocenters. The van der Waals surface area contributed by atoms with Crippen LogP contribution in [0.3, 0.4) is 0 Å². The molecular formula is C18H24N4O2. The molecule has 0 bridgehead atoms. The van der Waals surface area contributed by atoms with Gasteiger partial charge in [0.2, 0.25) is 17.6 Å². The van der Waals surface area contributed by atoms with E-state index in [9.17, 15) is 4.79 Å². The predicted octanol–water partition coefficient (Wildman–Crippen LogP) is 2.47. The highest BCUT2D eigenvalue weighted by Gasteiger charge is 2.25. The van der Waals surface area contributed by atoms with E-state index in [0.29, 0.717) is 18.3 Å². The molecule has 1 saturated heterocycles. The zero-order valence-corrected chi connectivity index (χ0v) is 14.1. The fourth-order valence-electron chi connectivity index (χ4n) is 2.96. The van der Waals surface area contributed by atoms with Gasteiger partial charge in [-0.25, -0.2) is 0 Å². The minimum Gasteiger partial charge on any atom is -0.356 e. The van der Waals surface area contributed by atoms with Crippen LogP contribution in [0.4, 0.5) is 0 Å². The second-order valence-corrected chi connectivity index (χ2v) is 6.22. The van der Waals surface area contributed by atoms with Crippen molar-refractivity contribution in [2.45, 2.75) is 32.7 Å². The van der Waals surface area contributed by atoms with Crippen LogP contribution in [0.1, 0.15) is 32.1 Å². The average Bonchev–Trinajstić information content (AvgIpc) is 3.09. The number of likely N-dealkylation sites (tertiary alicyclic amines) is 1. The normalized spacial score (nSPS) is 16.2. The van der Waals surface area contributed by atoms with Crippen LogP contribution in [-0.4, -0.2) is 40.6 Å². The van der Waals surface area contributed by atoms with E-state index in [2.05, 4.69) is 27.3 Å². The fourth-order valence-corrected chi connectivity index (χ4v) is 2.96. The number of amides is 1. The summed E-state index contributed by atoms with van der Waals surface area (Å²) < 4.78 is 5.37. The molecule has 6 heteroatoms. The van der Waals surface area contributed by atoms with Gasteiger partial charge in [-0.3, -0.25) is 9.69 Å². The Morgan fingerprint density at radius 1 is 1.29 bits per heavy atom. The Bertz CT molecular complexity index is 648. The van der Waals surface area contributed by atoms with Gasteiger partial charge in [-0.05, 0) is 32.4 Å². The van der Waals surface area contributed by atoms with Crippen molar-refractivity contribution in [3.8, 4) is 11.4 Å². The van der Waals surface area contributed by atoms with E-state index in [0.717, 1.165) is 44.5 Å². The van der Waals surface area contributed by atoms with Crippen LogP contribution >= 0.6 is 0 Å². The van der Waals surface area contributed by atoms with Crippen LogP contribution in [0.2, 0.25) is 0 Å². The Morgan fingerprint density at radius 2 is 2.04 bits per heavy atom. The molecule has 1 aliphatic heterocycles. The molecule has 1 aromatic heterocycles. The third kappa shape index (κ3) is 4.20. The van der Waals surface area contributed by atoms with Gasteiger partial charge in [-0.2, -0.15) is 4.98 Å². The van der Waals surface area contributed by atoms with Crippen LogP contribution < -0.4 is 5.32 Å². The number of rotatable bonds is 6. The molecule has 24 heavy (non-hydrogen) atoms. The van der Waals surface area contributed by atoms with Crippen LogP contribution in [0.25, 0.3) is 11.4 Å². The zero-order valence-electron chi connectivity index (χ0n) is 14.1. The summed E-state index contributed by atoms with van der Waals surface area (Å²) in [5.74, 6) is 1.58. The highest BCUT2D eigenvalue weighted by molar-refractivity contribution is 5.78. The SMILES string of the molecule is CCCNC(=O)C1CCN(Cc2nc(-c3ccccc3)no2)CC1. The van der Waals surface area contributed by atoms with Crippen LogP contribution in [-0.2, 0) is 11.3 Å². The lowest BCUT2D eigenvalue weighted by Crippen LogP contribution is -2.40. The standard InChI is InChI=1S/C18H24N4O2/c1-2-10-19-18(23)15-8-11-22(12-9-15)13-16-20-17(21-24-16)14-6-4-3-5-7-14/h3-7,15H,2,8-13H2,1H3,(H,19,23). The number of nitrogens with zero attached hydrogens (tertiary/aromatic N) is 3. The average molecular weight is 328 g/mol. The third-order valence-corrected chi connectivity index (χ3v) is 4.37. The Hall–Kier alpha value is -2.21. The minimum atomic E-state index is 0.135. The van der Waals surface area contributed by atoms with Crippen LogP contribution in [0, 0.1) is 5.92 Å². The maximum absolute atomic E-state index is 12.0. The molecule has 1 N–H and O–H groups in total. The van der Waals surface area contributed by atoms with E-state index in [4.69, 9.17) is 4.52 Å². The lowest BCUT2D eigenvalue weighted by atomic mass is 9.96. The molecule has 1 fully saturated rings. The number of aromatic nitrogens is 2. The molecule has 0 saturated carbocycles. The van der Waals surface area contributed by atoms with Gasteiger partial charge in [0.25, 0.3) is 0 Å². The molecule has 0 spiro atoms. The number of benzene rings is 1. The fraction of sp³-hybridized carbons (Fsp3) is 0.500. The van der Waals surface area contributed by atoms with Crippen molar-refractivity contribution in [1.82, 2.24) is 20.4 Å². The van der Waals surface area contributed by atoms with Crippen LogP contribution in [0.15, 0.2) is 34.9 Å². The summed E-state index contributed by atoms with van der Waals surface area (Å²) in [6, 6.07) is 9.81. The first-order valence-electron chi connectivity index (χ1n) is 8.64. The number of piperidine rings is 1. The molecule has 128 valence electrons. The molecule has 3 rings (SSSR count). The van der Waals surface area contributed by atoms with Gasteiger partial charge in [0.1, 0.15) is 0 Å². The highest BCUT2D eigenvalue weighted by Crippen LogP contribution is 2.20. The van der Waals surface area contributed by atoms with Gasteiger partial charge in [0.15, 0.2) is 0 Å². The van der Waals surface area contributed by atoms with Crippen molar-refractivity contribution in [3.63, 3.8) is 0 Å². The Kier molecular flexibility index (Phi) is 5.59. The first kappa shape index (κ1) is 16.6. The van der Waals surface area contributed by atoms with Crippen LogP contribution in [0.5, 0.6) is 0 Å². The van der Waals surface area contributed by atoms with Crippen molar-refractivity contribution in [2.24, 2.45) is 5.92 Å². The van der Waals surface area contributed by atoms with Crippen molar-refractivity contribution in [1.29, 1.82) is 0 Å². The number of hydrogen-bond donors (Lipinski definition) is 1. The monoisotopic (exact) mass is 328 g/mol. The van der Waals surface area contributed by atoms with Gasteiger partial charge in [-0.1, -0.05) is 42.4 Å². The smallest absolute Gasteiger partial charge is 0.241 e. The second-order valence-electron chi connectivity index (χ2n) is 6.22.